The molecule has 2 N–H and O–H groups in total. The van der Waals surface area contributed by atoms with E-state index in [0.717, 1.165) is 31.6 Å². The average molecular weight is 273 g/mol. The van der Waals surface area contributed by atoms with Gasteiger partial charge in [0.05, 0.1) is 5.56 Å². The Morgan fingerprint density at radius 2 is 2.05 bits per heavy atom. The van der Waals surface area contributed by atoms with Crippen molar-refractivity contribution in [3.8, 4) is 0 Å². The Morgan fingerprint density at radius 1 is 1.25 bits per heavy atom. The van der Waals surface area contributed by atoms with Gasteiger partial charge in [0, 0.05) is 31.4 Å². The third-order valence-corrected chi connectivity index (χ3v) is 4.53. The number of hydrogen-bond donors (Lipinski definition) is 1. The molecule has 0 aliphatic carbocycles. The average Bonchev–Trinajstić information content (AvgIpc) is 2.78. The Kier molecular flexibility index (Phi) is 3.66. The highest BCUT2D eigenvalue weighted by atomic mass is 16.2. The first-order valence-electron chi connectivity index (χ1n) is 7.54. The van der Waals surface area contributed by atoms with Crippen molar-refractivity contribution in [1.82, 2.24) is 9.80 Å². The lowest BCUT2D eigenvalue weighted by atomic mass is 10.1. The number of carbonyl (C=O) groups excluding carboxylic acids is 1. The maximum absolute atomic E-state index is 12.7. The smallest absolute Gasteiger partial charge is 0.256 e. The molecule has 20 heavy (non-hydrogen) atoms. The van der Waals surface area contributed by atoms with Crippen LogP contribution in [0.5, 0.6) is 0 Å². The second-order valence-electron chi connectivity index (χ2n) is 6.03. The summed E-state index contributed by atoms with van der Waals surface area (Å²) >= 11 is 0. The summed E-state index contributed by atoms with van der Waals surface area (Å²) in [6.45, 7) is 6.01. The maximum atomic E-state index is 12.7. The number of aryl methyl sites for hydroxylation is 1. The highest BCUT2D eigenvalue weighted by Gasteiger charge is 2.31. The molecule has 1 atom stereocenters. The molecule has 4 nitrogen and oxygen atoms in total. The van der Waals surface area contributed by atoms with Crippen molar-refractivity contribution in [3.05, 3.63) is 29.3 Å². The molecule has 1 aromatic rings. The Balaban J connectivity index is 1.80. The second-order valence-corrected chi connectivity index (χ2v) is 6.03. The highest BCUT2D eigenvalue weighted by molar-refractivity contribution is 5.99. The summed E-state index contributed by atoms with van der Waals surface area (Å²) in [5.74, 6) is 0.0972. The Bertz CT molecular complexity index is 514. The zero-order valence-electron chi connectivity index (χ0n) is 12.1. The summed E-state index contributed by atoms with van der Waals surface area (Å²) in [5.41, 5.74) is 8.32. The van der Waals surface area contributed by atoms with Crippen molar-refractivity contribution >= 4 is 11.6 Å². The number of nitrogen functional groups attached to an aromatic ring is 1. The molecule has 2 fully saturated rings. The van der Waals surface area contributed by atoms with E-state index in [-0.39, 0.29) is 5.91 Å². The molecule has 2 aliphatic heterocycles. The molecule has 108 valence electrons. The van der Waals surface area contributed by atoms with E-state index >= 15 is 0 Å². The lowest BCUT2D eigenvalue weighted by Crippen LogP contribution is -2.39. The van der Waals surface area contributed by atoms with Crippen molar-refractivity contribution in [2.75, 3.05) is 31.9 Å². The van der Waals surface area contributed by atoms with Gasteiger partial charge >= 0.3 is 0 Å². The summed E-state index contributed by atoms with van der Waals surface area (Å²) in [4.78, 5) is 17.3. The monoisotopic (exact) mass is 273 g/mol. The summed E-state index contributed by atoms with van der Waals surface area (Å²) in [7, 11) is 0. The molecule has 4 heteroatoms. The molecule has 0 bridgehead atoms. The zero-order valence-corrected chi connectivity index (χ0v) is 12.1. The second kappa shape index (κ2) is 5.44. The van der Waals surface area contributed by atoms with Gasteiger partial charge in [-0.1, -0.05) is 11.6 Å². The Morgan fingerprint density at radius 3 is 2.90 bits per heavy atom. The molecule has 0 spiro atoms. The third-order valence-electron chi connectivity index (χ3n) is 4.53. The zero-order chi connectivity index (χ0) is 14.1. The van der Waals surface area contributed by atoms with Gasteiger partial charge in [-0.05, 0) is 44.9 Å². The van der Waals surface area contributed by atoms with Gasteiger partial charge < -0.3 is 10.6 Å². The predicted molar refractivity (Wildman–Crippen MR) is 80.7 cm³/mol. The number of fused-ring (bicyclic) bond motifs is 1. The van der Waals surface area contributed by atoms with Crippen LogP contribution in [-0.2, 0) is 0 Å². The number of hydrogen-bond acceptors (Lipinski definition) is 3. The topological polar surface area (TPSA) is 49.6 Å². The van der Waals surface area contributed by atoms with E-state index in [0.29, 0.717) is 17.3 Å². The Hall–Kier alpha value is -1.55. The van der Waals surface area contributed by atoms with Gasteiger partial charge in [0.2, 0.25) is 0 Å². The van der Waals surface area contributed by atoms with Gasteiger partial charge in [-0.25, -0.2) is 0 Å². The van der Waals surface area contributed by atoms with Crippen LogP contribution in [0.25, 0.3) is 0 Å². The minimum atomic E-state index is 0.0972. The fourth-order valence-electron chi connectivity index (χ4n) is 3.42. The minimum Gasteiger partial charge on any atom is -0.398 e. The number of rotatable bonds is 1. The quantitative estimate of drug-likeness (QED) is 0.795. The molecule has 1 unspecified atom stereocenters. The molecule has 2 heterocycles. The SMILES string of the molecule is Cc1ccc(N)c(C(=O)N2CCCN3CCCC3C2)c1. The first-order chi connectivity index (χ1) is 9.65. The van der Waals surface area contributed by atoms with Crippen molar-refractivity contribution in [3.63, 3.8) is 0 Å². The van der Waals surface area contributed by atoms with Gasteiger partial charge in [-0.2, -0.15) is 0 Å². The summed E-state index contributed by atoms with van der Waals surface area (Å²) < 4.78 is 0. The van der Waals surface area contributed by atoms with Gasteiger partial charge in [-0.15, -0.1) is 0 Å². The fourth-order valence-corrected chi connectivity index (χ4v) is 3.42. The highest BCUT2D eigenvalue weighted by Crippen LogP contribution is 2.23. The van der Waals surface area contributed by atoms with E-state index in [1.165, 1.54) is 19.4 Å². The van der Waals surface area contributed by atoms with Gasteiger partial charge in [0.25, 0.3) is 5.91 Å². The molecule has 1 amide bonds. The van der Waals surface area contributed by atoms with E-state index in [9.17, 15) is 4.79 Å². The summed E-state index contributed by atoms with van der Waals surface area (Å²) in [5, 5.41) is 0. The molecule has 0 radical (unpaired) electrons. The van der Waals surface area contributed by atoms with E-state index in [2.05, 4.69) is 4.90 Å². The van der Waals surface area contributed by atoms with Crippen molar-refractivity contribution in [2.24, 2.45) is 0 Å². The van der Waals surface area contributed by atoms with Crippen LogP contribution in [0.4, 0.5) is 5.69 Å². The molecule has 1 aromatic carbocycles. The van der Waals surface area contributed by atoms with Gasteiger partial charge in [0.1, 0.15) is 0 Å². The molecular formula is C16H23N3O. The van der Waals surface area contributed by atoms with Crippen LogP contribution in [0, 0.1) is 6.92 Å². The number of amides is 1. The number of nitrogens with two attached hydrogens (primary N) is 1. The van der Waals surface area contributed by atoms with Crippen LogP contribution in [0.2, 0.25) is 0 Å². The molecule has 2 saturated heterocycles. The van der Waals surface area contributed by atoms with Crippen LogP contribution in [0.3, 0.4) is 0 Å². The lowest BCUT2D eigenvalue weighted by molar-refractivity contribution is 0.0744. The number of benzene rings is 1. The van der Waals surface area contributed by atoms with E-state index in [1.807, 2.05) is 30.0 Å². The first-order valence-corrected chi connectivity index (χ1v) is 7.54. The normalized spacial score (nSPS) is 23.4. The van der Waals surface area contributed by atoms with E-state index in [1.54, 1.807) is 0 Å². The predicted octanol–water partition coefficient (Wildman–Crippen LogP) is 1.89. The van der Waals surface area contributed by atoms with Gasteiger partial charge in [0.15, 0.2) is 0 Å². The molecule has 3 rings (SSSR count). The fraction of sp³-hybridized carbons (Fsp3) is 0.562. The maximum Gasteiger partial charge on any atom is 0.256 e. The van der Waals surface area contributed by atoms with E-state index in [4.69, 9.17) is 5.73 Å². The Labute approximate surface area is 120 Å². The molecule has 2 aliphatic rings. The largest absolute Gasteiger partial charge is 0.398 e. The van der Waals surface area contributed by atoms with Crippen molar-refractivity contribution < 1.29 is 4.79 Å². The molecule has 0 saturated carbocycles. The first kappa shape index (κ1) is 13.4. The van der Waals surface area contributed by atoms with Crippen LogP contribution in [0.1, 0.15) is 35.2 Å². The van der Waals surface area contributed by atoms with Crippen LogP contribution < -0.4 is 5.73 Å². The molecular weight excluding hydrogens is 250 g/mol. The number of nitrogens with zero attached hydrogens (tertiary/aromatic N) is 2. The van der Waals surface area contributed by atoms with Crippen molar-refractivity contribution in [2.45, 2.75) is 32.2 Å². The summed E-state index contributed by atoms with van der Waals surface area (Å²) in [6.07, 6.45) is 3.54. The third kappa shape index (κ3) is 2.52. The van der Waals surface area contributed by atoms with E-state index < -0.39 is 0 Å². The van der Waals surface area contributed by atoms with Crippen molar-refractivity contribution in [1.29, 1.82) is 0 Å². The number of carbonyl (C=O) groups is 1. The lowest BCUT2D eigenvalue weighted by Gasteiger charge is -2.26. The molecule has 0 aromatic heterocycles. The summed E-state index contributed by atoms with van der Waals surface area (Å²) in [6, 6.07) is 6.25. The van der Waals surface area contributed by atoms with Crippen LogP contribution in [0.15, 0.2) is 18.2 Å². The number of anilines is 1. The standard InChI is InChI=1S/C16H23N3O/c1-12-5-6-15(17)14(10-12)16(20)19-9-3-8-18-7-2-4-13(18)11-19/h5-6,10,13H,2-4,7-9,11,17H2,1H3. The van der Waals surface area contributed by atoms with Crippen LogP contribution in [-0.4, -0.2) is 47.9 Å². The van der Waals surface area contributed by atoms with Gasteiger partial charge in [-0.3, -0.25) is 9.69 Å². The minimum absolute atomic E-state index is 0.0972. The van der Waals surface area contributed by atoms with Crippen LogP contribution >= 0.6 is 0 Å².